The minimum absolute atomic E-state index is 0.485. The summed E-state index contributed by atoms with van der Waals surface area (Å²) in [7, 11) is 0. The molecule has 0 unspecified atom stereocenters. The number of rotatable bonds is 0. The second-order valence-electron chi connectivity index (χ2n) is 1.32. The van der Waals surface area contributed by atoms with Crippen LogP contribution in [0.4, 0.5) is 0 Å². The Kier molecular flexibility index (Phi) is 1.65. The molecule has 0 aliphatic rings. The smallest absolute Gasteiger partial charge is 0.129 e. The van der Waals surface area contributed by atoms with Crippen molar-refractivity contribution in [2.24, 2.45) is 0 Å². The monoisotopic (exact) mass is 144 g/mol. The summed E-state index contributed by atoms with van der Waals surface area (Å²) < 4.78 is 0. The molecule has 0 saturated carbocycles. The number of pyridine rings is 1. The van der Waals surface area contributed by atoms with Gasteiger partial charge in [0.1, 0.15) is 5.15 Å². The summed E-state index contributed by atoms with van der Waals surface area (Å²) in [6, 6.07) is 3.41. The van der Waals surface area contributed by atoms with E-state index in [1.54, 1.807) is 18.3 Å². The Morgan fingerprint density at radius 2 is 2.25 bits per heavy atom. The third kappa shape index (κ3) is 1.32. The van der Waals surface area contributed by atoms with Gasteiger partial charge in [-0.05, 0) is 12.1 Å². The van der Waals surface area contributed by atoms with E-state index in [9.17, 15) is 0 Å². The van der Waals surface area contributed by atoms with Crippen LogP contribution in [0.2, 0.25) is 5.15 Å². The Bertz CT molecular complexity index is 151. The summed E-state index contributed by atoms with van der Waals surface area (Å²) in [5.74, 6) is 0. The van der Waals surface area contributed by atoms with Crippen molar-refractivity contribution in [3.8, 4) is 0 Å². The van der Waals surface area contributed by atoms with Gasteiger partial charge in [0.15, 0.2) is 0 Å². The molecule has 0 saturated heterocycles. The lowest BCUT2D eigenvalue weighted by Gasteiger charge is -1.85. The summed E-state index contributed by atoms with van der Waals surface area (Å²) in [4.78, 5) is 4.46. The van der Waals surface area contributed by atoms with E-state index in [0.717, 1.165) is 4.90 Å². The maximum absolute atomic E-state index is 5.45. The Morgan fingerprint density at radius 1 is 1.50 bits per heavy atom. The van der Waals surface area contributed by atoms with Gasteiger partial charge in [-0.2, -0.15) is 0 Å². The lowest BCUT2D eigenvalue weighted by Crippen LogP contribution is -1.70. The van der Waals surface area contributed by atoms with Crippen LogP contribution in [0.3, 0.4) is 0 Å². The Balaban J connectivity index is 3.03. The molecule has 0 aliphatic carbocycles. The summed E-state index contributed by atoms with van der Waals surface area (Å²) >= 11 is 10.2. The zero-order chi connectivity index (χ0) is 5.98. The molecule has 1 aromatic rings. The van der Waals surface area contributed by atoms with Gasteiger partial charge in [-0.25, -0.2) is 4.98 Å². The first-order chi connectivity index (χ1) is 3.79. The fraction of sp³-hybridized carbons (Fsp3) is 0. The number of hydrogen-bond donors (Lipinski definition) is 0. The molecule has 3 heteroatoms. The van der Waals surface area contributed by atoms with Gasteiger partial charge in [0, 0.05) is 6.20 Å². The minimum Gasteiger partial charge on any atom is -0.243 e. The van der Waals surface area contributed by atoms with Crippen molar-refractivity contribution in [1.29, 1.82) is 0 Å². The quantitative estimate of drug-likeness (QED) is 0.509. The topological polar surface area (TPSA) is 12.9 Å². The van der Waals surface area contributed by atoms with Gasteiger partial charge < -0.3 is 0 Å². The van der Waals surface area contributed by atoms with Crippen LogP contribution in [0.1, 0.15) is 0 Å². The maximum Gasteiger partial charge on any atom is 0.129 e. The maximum atomic E-state index is 5.45. The molecule has 0 atom stereocenters. The van der Waals surface area contributed by atoms with Crippen LogP contribution in [-0.2, 0) is 0 Å². The molecule has 0 aliphatic heterocycles. The highest BCUT2D eigenvalue weighted by Crippen LogP contribution is 2.06. The van der Waals surface area contributed by atoms with Gasteiger partial charge in [-0.15, -0.1) is 0 Å². The predicted molar refractivity (Wildman–Crippen MR) is 35.1 cm³/mol. The highest BCUT2D eigenvalue weighted by Gasteiger charge is 1.85. The fourth-order valence-corrected chi connectivity index (χ4v) is 0.595. The van der Waals surface area contributed by atoms with E-state index in [2.05, 4.69) is 4.98 Å². The van der Waals surface area contributed by atoms with Crippen LogP contribution in [0.25, 0.3) is 0 Å². The third-order valence-electron chi connectivity index (χ3n) is 0.700. The van der Waals surface area contributed by atoms with E-state index >= 15 is 0 Å². The standard InChI is InChI=1S/C5H3ClNS/c6-5-2-1-4(8)3-7-5/h1-3H. The Hall–Kier alpha value is -0.340. The molecular formula is C5H3ClNS. The van der Waals surface area contributed by atoms with Crippen LogP contribution in [0.5, 0.6) is 0 Å². The lowest BCUT2D eigenvalue weighted by atomic mass is 10.5. The van der Waals surface area contributed by atoms with Crippen LogP contribution in [0, 0.1) is 0 Å². The average molecular weight is 145 g/mol. The van der Waals surface area contributed by atoms with E-state index in [-0.39, 0.29) is 0 Å². The number of nitrogens with zero attached hydrogens (tertiary/aromatic N) is 1. The first-order valence-electron chi connectivity index (χ1n) is 2.07. The zero-order valence-corrected chi connectivity index (χ0v) is 5.54. The molecule has 1 heterocycles. The lowest BCUT2D eigenvalue weighted by molar-refractivity contribution is 1.24. The number of aromatic nitrogens is 1. The van der Waals surface area contributed by atoms with Crippen molar-refractivity contribution < 1.29 is 0 Å². The molecule has 1 nitrogen and oxygen atoms in total. The van der Waals surface area contributed by atoms with Crippen molar-refractivity contribution in [2.45, 2.75) is 4.90 Å². The van der Waals surface area contributed by atoms with Crippen LogP contribution < -0.4 is 0 Å². The van der Waals surface area contributed by atoms with Crippen molar-refractivity contribution in [2.75, 3.05) is 0 Å². The van der Waals surface area contributed by atoms with Crippen LogP contribution in [-0.4, -0.2) is 4.98 Å². The van der Waals surface area contributed by atoms with E-state index in [1.807, 2.05) is 0 Å². The van der Waals surface area contributed by atoms with Crippen molar-refractivity contribution in [1.82, 2.24) is 4.98 Å². The molecule has 0 aromatic carbocycles. The van der Waals surface area contributed by atoms with Gasteiger partial charge >= 0.3 is 0 Å². The molecule has 8 heavy (non-hydrogen) atoms. The highest BCUT2D eigenvalue weighted by atomic mass is 35.5. The zero-order valence-electron chi connectivity index (χ0n) is 3.97. The molecule has 0 N–H and O–H groups in total. The summed E-state index contributed by atoms with van der Waals surface area (Å²) in [5, 5.41) is 0.485. The van der Waals surface area contributed by atoms with Crippen molar-refractivity contribution in [3.05, 3.63) is 23.5 Å². The first kappa shape index (κ1) is 5.79. The minimum atomic E-state index is 0.485. The SMILES string of the molecule is [S]c1ccc(Cl)nc1. The van der Waals surface area contributed by atoms with E-state index in [4.69, 9.17) is 24.2 Å². The summed E-state index contributed by atoms with van der Waals surface area (Å²) in [6.45, 7) is 0. The summed E-state index contributed by atoms with van der Waals surface area (Å²) in [6.07, 6.45) is 1.55. The van der Waals surface area contributed by atoms with E-state index in [0.29, 0.717) is 5.15 Å². The average Bonchev–Trinajstić information content (AvgIpc) is 1.77. The summed E-state index contributed by atoms with van der Waals surface area (Å²) in [5.41, 5.74) is 0. The normalized spacial score (nSPS) is 9.12. The highest BCUT2D eigenvalue weighted by molar-refractivity contribution is 7.80. The van der Waals surface area contributed by atoms with Crippen molar-refractivity contribution >= 4 is 24.2 Å². The van der Waals surface area contributed by atoms with Gasteiger partial charge in [0.25, 0.3) is 0 Å². The molecular weight excluding hydrogens is 142 g/mol. The third-order valence-corrected chi connectivity index (χ3v) is 1.17. The molecule has 1 rings (SSSR count). The largest absolute Gasteiger partial charge is 0.243 e. The molecule has 1 radical (unpaired) electrons. The van der Waals surface area contributed by atoms with Gasteiger partial charge in [0.2, 0.25) is 0 Å². The molecule has 41 valence electrons. The molecule has 0 spiro atoms. The van der Waals surface area contributed by atoms with E-state index < -0.39 is 0 Å². The predicted octanol–water partition coefficient (Wildman–Crippen LogP) is 2.29. The molecule has 0 fully saturated rings. The van der Waals surface area contributed by atoms with Gasteiger partial charge in [-0.3, -0.25) is 0 Å². The first-order valence-corrected chi connectivity index (χ1v) is 2.86. The van der Waals surface area contributed by atoms with Gasteiger partial charge in [0.05, 0.1) is 4.90 Å². The van der Waals surface area contributed by atoms with Crippen molar-refractivity contribution in [3.63, 3.8) is 0 Å². The Morgan fingerprint density at radius 3 is 2.62 bits per heavy atom. The van der Waals surface area contributed by atoms with Gasteiger partial charge in [-0.1, -0.05) is 24.2 Å². The molecule has 1 aromatic heterocycles. The Labute approximate surface area is 58.1 Å². The molecule has 0 amide bonds. The number of halogens is 1. The second kappa shape index (κ2) is 2.29. The van der Waals surface area contributed by atoms with E-state index in [1.165, 1.54) is 0 Å². The van der Waals surface area contributed by atoms with Crippen LogP contribution >= 0.6 is 24.2 Å². The van der Waals surface area contributed by atoms with Crippen LogP contribution in [0.15, 0.2) is 23.2 Å². The number of hydrogen-bond acceptors (Lipinski definition) is 1. The fourth-order valence-electron chi connectivity index (χ4n) is 0.362. The molecule has 0 bridgehead atoms. The second-order valence-corrected chi connectivity index (χ2v) is 2.18.